The predicted molar refractivity (Wildman–Crippen MR) is 130 cm³/mol. The highest BCUT2D eigenvalue weighted by atomic mass is 32.2. The lowest BCUT2D eigenvalue weighted by Gasteiger charge is -2.17. The zero-order valence-electron chi connectivity index (χ0n) is 18.6. The molecule has 0 radical (unpaired) electrons. The second-order valence-corrected chi connectivity index (χ2v) is 8.53. The third-order valence-corrected chi connectivity index (χ3v) is 6.19. The Morgan fingerprint density at radius 1 is 1.03 bits per heavy atom. The van der Waals surface area contributed by atoms with Gasteiger partial charge in [0.05, 0.1) is 16.7 Å². The molecular formula is C26H17FN4O4S. The van der Waals surface area contributed by atoms with Crippen molar-refractivity contribution >= 4 is 40.4 Å². The Kier molecular flexibility index (Phi) is 6.42. The van der Waals surface area contributed by atoms with Gasteiger partial charge in [0.2, 0.25) is 11.5 Å². The number of amides is 1. The van der Waals surface area contributed by atoms with Crippen LogP contribution < -0.4 is 14.7 Å². The molecule has 0 saturated heterocycles. The number of halogens is 1. The number of benzene rings is 3. The minimum absolute atomic E-state index is 0.0211. The average Bonchev–Trinajstić information content (AvgIpc) is 3.44. The van der Waals surface area contributed by atoms with Crippen molar-refractivity contribution < 1.29 is 28.3 Å². The Hall–Kier alpha value is -4.57. The topological polar surface area (TPSA) is 103 Å². The first kappa shape index (κ1) is 23.2. The van der Waals surface area contributed by atoms with E-state index >= 15 is 0 Å². The van der Waals surface area contributed by atoms with Gasteiger partial charge in [-0.15, -0.1) is 0 Å². The second kappa shape index (κ2) is 9.96. The number of carbonyl (C=O) groups excluding carboxylic acids is 2. The van der Waals surface area contributed by atoms with Crippen molar-refractivity contribution in [1.82, 2.24) is 5.27 Å². The van der Waals surface area contributed by atoms with Gasteiger partial charge < -0.3 is 9.63 Å². The van der Waals surface area contributed by atoms with E-state index in [0.29, 0.717) is 11.4 Å². The Morgan fingerprint density at radius 3 is 2.42 bits per heavy atom. The summed E-state index contributed by atoms with van der Waals surface area (Å²) in [5.41, 5.74) is 1.02. The molecule has 0 atom stereocenters. The molecule has 1 aromatic heterocycles. The van der Waals surface area contributed by atoms with Crippen LogP contribution in [0.4, 0.5) is 10.1 Å². The first-order valence-electron chi connectivity index (χ1n) is 10.8. The molecule has 0 aliphatic carbocycles. The minimum Gasteiger partial charge on any atom is -0.539 e. The maximum atomic E-state index is 14.2. The number of anilines is 1. The van der Waals surface area contributed by atoms with Gasteiger partial charge in [-0.1, -0.05) is 66.4 Å². The van der Waals surface area contributed by atoms with E-state index in [-0.39, 0.29) is 27.9 Å². The summed E-state index contributed by atoms with van der Waals surface area (Å²) >= 11 is 0.977. The van der Waals surface area contributed by atoms with Crippen molar-refractivity contribution in [2.75, 3.05) is 10.7 Å². The molecule has 5 rings (SSSR count). The van der Waals surface area contributed by atoms with Crippen LogP contribution in [0.2, 0.25) is 0 Å². The van der Waals surface area contributed by atoms with Gasteiger partial charge in [0, 0.05) is 17.7 Å². The number of ketones is 1. The van der Waals surface area contributed by atoms with Gasteiger partial charge in [0.15, 0.2) is 11.1 Å². The molecular weight excluding hydrogens is 483 g/mol. The van der Waals surface area contributed by atoms with Crippen LogP contribution in [0.1, 0.15) is 16.1 Å². The number of thioether (sulfide) groups is 1. The molecule has 4 aromatic rings. The SMILES string of the molecule is O=C(CSC1=N/C(=C/c2ccccc2F)C(=O)N1c1ccccc1)c1c([O-])on[n+]1-c1ccccc1. The van der Waals surface area contributed by atoms with E-state index in [2.05, 4.69) is 10.3 Å². The highest BCUT2D eigenvalue weighted by Gasteiger charge is 2.34. The minimum atomic E-state index is -0.867. The number of carbonyl (C=O) groups is 2. The first-order valence-corrected chi connectivity index (χ1v) is 11.8. The second-order valence-electron chi connectivity index (χ2n) is 7.59. The molecule has 1 amide bonds. The standard InChI is InChI=1S/C26H17FN4O4S/c27-20-14-8-7-9-17(20)15-21-24(33)30(18-10-3-1-4-11-18)26(28-21)36-16-22(32)23-25(34)35-29-31(23)19-12-5-2-6-13-19/h1-15H,16H2/b21-15+. The lowest BCUT2D eigenvalue weighted by Crippen LogP contribution is -2.39. The van der Waals surface area contributed by atoms with Crippen molar-refractivity contribution in [3.8, 4) is 11.6 Å². The molecule has 0 spiro atoms. The van der Waals surface area contributed by atoms with E-state index < -0.39 is 23.5 Å². The average molecular weight is 501 g/mol. The number of Topliss-reactive ketones (excluding diaryl/α,β-unsaturated/α-hetero) is 1. The zero-order valence-corrected chi connectivity index (χ0v) is 19.4. The van der Waals surface area contributed by atoms with Crippen LogP contribution in [0.5, 0.6) is 5.95 Å². The Morgan fingerprint density at radius 2 is 1.69 bits per heavy atom. The summed E-state index contributed by atoms with van der Waals surface area (Å²) in [6.07, 6.45) is 1.36. The number of amidine groups is 1. The Labute approximate surface area is 209 Å². The molecule has 2 heterocycles. The molecule has 0 unspecified atom stereocenters. The third kappa shape index (κ3) is 4.53. The van der Waals surface area contributed by atoms with E-state index in [1.807, 2.05) is 0 Å². The van der Waals surface area contributed by atoms with Gasteiger partial charge in [0.25, 0.3) is 5.91 Å². The Balaban J connectivity index is 1.45. The van der Waals surface area contributed by atoms with Gasteiger partial charge in [-0.05, 0) is 29.0 Å². The summed E-state index contributed by atoms with van der Waals surface area (Å²) in [6.45, 7) is 0. The van der Waals surface area contributed by atoms with E-state index in [1.54, 1.807) is 72.8 Å². The molecule has 10 heteroatoms. The summed E-state index contributed by atoms with van der Waals surface area (Å²) in [5.74, 6) is -2.59. The van der Waals surface area contributed by atoms with Gasteiger partial charge in [0.1, 0.15) is 11.5 Å². The molecule has 0 fully saturated rings. The lowest BCUT2D eigenvalue weighted by atomic mass is 10.1. The fraction of sp³-hybridized carbons (Fsp3) is 0.0385. The first-order chi connectivity index (χ1) is 17.5. The van der Waals surface area contributed by atoms with E-state index in [4.69, 9.17) is 4.52 Å². The van der Waals surface area contributed by atoms with Crippen molar-refractivity contribution in [2.45, 2.75) is 0 Å². The van der Waals surface area contributed by atoms with Crippen LogP contribution in [0.15, 0.2) is 100 Å². The smallest absolute Gasteiger partial charge is 0.307 e. The number of hydrogen-bond donors (Lipinski definition) is 0. The van der Waals surface area contributed by atoms with Crippen LogP contribution >= 0.6 is 11.8 Å². The fourth-order valence-corrected chi connectivity index (χ4v) is 4.44. The number of aromatic nitrogens is 2. The summed E-state index contributed by atoms with van der Waals surface area (Å²) < 4.78 is 20.1. The molecule has 3 aromatic carbocycles. The normalized spacial score (nSPS) is 14.4. The molecule has 36 heavy (non-hydrogen) atoms. The van der Waals surface area contributed by atoms with Crippen LogP contribution in [-0.2, 0) is 4.79 Å². The van der Waals surface area contributed by atoms with Crippen LogP contribution in [-0.4, -0.2) is 27.9 Å². The number of hydrogen-bond acceptors (Lipinski definition) is 7. The fourth-order valence-electron chi connectivity index (χ4n) is 3.56. The number of aliphatic imine (C=N–C) groups is 1. The molecule has 0 bridgehead atoms. The largest absolute Gasteiger partial charge is 0.539 e. The van der Waals surface area contributed by atoms with Gasteiger partial charge >= 0.3 is 5.69 Å². The van der Waals surface area contributed by atoms with Gasteiger partial charge in [-0.3, -0.25) is 14.5 Å². The summed E-state index contributed by atoms with van der Waals surface area (Å²) in [7, 11) is 0. The van der Waals surface area contributed by atoms with E-state index in [1.165, 1.54) is 23.1 Å². The van der Waals surface area contributed by atoms with E-state index in [9.17, 15) is 19.1 Å². The van der Waals surface area contributed by atoms with Crippen LogP contribution in [0.25, 0.3) is 11.8 Å². The van der Waals surface area contributed by atoms with Crippen molar-refractivity contribution in [1.29, 1.82) is 0 Å². The number of nitrogens with zero attached hydrogens (tertiary/aromatic N) is 4. The zero-order chi connectivity index (χ0) is 25.1. The number of para-hydroxylation sites is 2. The molecule has 0 saturated carbocycles. The monoisotopic (exact) mass is 500 g/mol. The molecule has 1 aliphatic rings. The van der Waals surface area contributed by atoms with E-state index in [0.717, 1.165) is 16.4 Å². The maximum absolute atomic E-state index is 14.2. The van der Waals surface area contributed by atoms with Crippen molar-refractivity contribution in [3.05, 3.63) is 108 Å². The highest BCUT2D eigenvalue weighted by Crippen LogP contribution is 2.30. The predicted octanol–water partition coefficient (Wildman–Crippen LogP) is 3.52. The van der Waals surface area contributed by atoms with Crippen molar-refractivity contribution in [3.63, 3.8) is 0 Å². The molecule has 0 N–H and O–H groups in total. The van der Waals surface area contributed by atoms with Crippen LogP contribution in [0, 0.1) is 5.82 Å². The molecule has 8 nitrogen and oxygen atoms in total. The van der Waals surface area contributed by atoms with Crippen LogP contribution in [0.3, 0.4) is 0 Å². The quantitative estimate of drug-likeness (QED) is 0.228. The lowest BCUT2D eigenvalue weighted by molar-refractivity contribution is -0.672. The maximum Gasteiger partial charge on any atom is 0.307 e. The number of rotatable bonds is 6. The van der Waals surface area contributed by atoms with Crippen molar-refractivity contribution in [2.24, 2.45) is 4.99 Å². The Bertz CT molecular complexity index is 1500. The highest BCUT2D eigenvalue weighted by molar-refractivity contribution is 8.14. The summed E-state index contributed by atoms with van der Waals surface area (Å²) in [6, 6.07) is 23.5. The van der Waals surface area contributed by atoms with Gasteiger partial charge in [-0.25, -0.2) is 9.38 Å². The summed E-state index contributed by atoms with van der Waals surface area (Å²) in [5, 5.41) is 16.2. The molecule has 1 aliphatic heterocycles. The summed E-state index contributed by atoms with van der Waals surface area (Å²) in [4.78, 5) is 32.0. The molecule has 178 valence electrons. The third-order valence-electron chi connectivity index (χ3n) is 5.25. The van der Waals surface area contributed by atoms with Gasteiger partial charge in [-0.2, -0.15) is 0 Å².